The van der Waals surface area contributed by atoms with Crippen LogP contribution < -0.4 is 5.32 Å². The third kappa shape index (κ3) is 4.07. The van der Waals surface area contributed by atoms with Gasteiger partial charge in [-0.25, -0.2) is 0 Å². The molecule has 0 spiro atoms. The summed E-state index contributed by atoms with van der Waals surface area (Å²) in [5.41, 5.74) is 1.37. The summed E-state index contributed by atoms with van der Waals surface area (Å²) >= 11 is 4.64. The Labute approximate surface area is 160 Å². The number of amides is 2. The van der Waals surface area contributed by atoms with Crippen LogP contribution in [-0.4, -0.2) is 30.1 Å². The van der Waals surface area contributed by atoms with Gasteiger partial charge in [-0.1, -0.05) is 28.1 Å². The van der Waals surface area contributed by atoms with Crippen LogP contribution in [0.25, 0.3) is 0 Å². The number of hydrogen-bond donors (Lipinski definition) is 1. The summed E-state index contributed by atoms with van der Waals surface area (Å²) < 4.78 is 0.982. The van der Waals surface area contributed by atoms with Crippen LogP contribution >= 0.6 is 27.7 Å². The van der Waals surface area contributed by atoms with E-state index >= 15 is 0 Å². The van der Waals surface area contributed by atoms with Gasteiger partial charge in [-0.15, -0.1) is 0 Å². The molecule has 2 amide bonds. The second-order valence-corrected chi connectivity index (χ2v) is 8.27. The molecule has 2 aromatic carbocycles. The Morgan fingerprint density at radius 1 is 1.12 bits per heavy atom. The molecule has 0 aliphatic heterocycles. The first-order valence-corrected chi connectivity index (χ1v) is 9.58. The summed E-state index contributed by atoms with van der Waals surface area (Å²) in [6.45, 7) is 0. The van der Waals surface area contributed by atoms with Crippen molar-refractivity contribution in [2.75, 3.05) is 19.4 Å². The lowest BCUT2D eigenvalue weighted by atomic mass is 9.95. The minimum atomic E-state index is -0.419. The Bertz CT molecular complexity index is 801. The smallest absolute Gasteiger partial charge is 0.285 e. The standard InChI is InChI=1S/C19H19BrN2O2S/c1-22(2)18(24)25-16-8-6-15(7-9-16)21-17(23)19(10-11-19)13-4-3-5-14(20)12-13/h3-9,12H,10-11H2,1-2H3,(H,21,23). The molecule has 130 valence electrons. The summed E-state index contributed by atoms with van der Waals surface area (Å²) in [4.78, 5) is 26.9. The zero-order chi connectivity index (χ0) is 18.0. The largest absolute Gasteiger partial charge is 0.339 e. The van der Waals surface area contributed by atoms with E-state index in [4.69, 9.17) is 0 Å². The fraction of sp³-hybridized carbons (Fsp3) is 0.263. The van der Waals surface area contributed by atoms with E-state index in [1.165, 1.54) is 4.90 Å². The molecule has 1 saturated carbocycles. The SMILES string of the molecule is CN(C)C(=O)Sc1ccc(NC(=O)C2(c3cccc(Br)c3)CC2)cc1. The predicted molar refractivity (Wildman–Crippen MR) is 105 cm³/mol. The first-order valence-electron chi connectivity index (χ1n) is 7.97. The highest BCUT2D eigenvalue weighted by Gasteiger charge is 2.51. The molecule has 0 atom stereocenters. The summed E-state index contributed by atoms with van der Waals surface area (Å²) in [5.74, 6) is 0.0235. The second-order valence-electron chi connectivity index (χ2n) is 6.33. The van der Waals surface area contributed by atoms with Crippen molar-refractivity contribution in [3.05, 3.63) is 58.6 Å². The topological polar surface area (TPSA) is 49.4 Å². The van der Waals surface area contributed by atoms with Crippen molar-refractivity contribution in [3.8, 4) is 0 Å². The Morgan fingerprint density at radius 2 is 1.80 bits per heavy atom. The molecule has 1 aliphatic carbocycles. The number of nitrogens with one attached hydrogen (secondary N) is 1. The Kier molecular flexibility index (Phi) is 5.20. The van der Waals surface area contributed by atoms with E-state index in [1.54, 1.807) is 14.1 Å². The Morgan fingerprint density at radius 3 is 2.36 bits per heavy atom. The van der Waals surface area contributed by atoms with Crippen LogP contribution in [0.2, 0.25) is 0 Å². The van der Waals surface area contributed by atoms with Crippen molar-refractivity contribution < 1.29 is 9.59 Å². The molecule has 6 heteroatoms. The molecule has 0 heterocycles. The van der Waals surface area contributed by atoms with Gasteiger partial charge in [-0.05, 0) is 66.6 Å². The summed E-state index contributed by atoms with van der Waals surface area (Å²) in [7, 11) is 3.45. The average molecular weight is 419 g/mol. The number of carbonyl (C=O) groups is 2. The number of rotatable bonds is 4. The molecule has 0 aromatic heterocycles. The summed E-state index contributed by atoms with van der Waals surface area (Å²) in [6.07, 6.45) is 1.72. The maximum Gasteiger partial charge on any atom is 0.285 e. The third-order valence-corrected chi connectivity index (χ3v) is 5.79. The van der Waals surface area contributed by atoms with Crippen molar-refractivity contribution in [1.82, 2.24) is 4.90 Å². The van der Waals surface area contributed by atoms with Crippen molar-refractivity contribution in [2.45, 2.75) is 23.2 Å². The number of thioether (sulfide) groups is 1. The van der Waals surface area contributed by atoms with E-state index < -0.39 is 5.41 Å². The van der Waals surface area contributed by atoms with E-state index in [0.29, 0.717) is 0 Å². The van der Waals surface area contributed by atoms with Crippen LogP contribution in [0.4, 0.5) is 10.5 Å². The highest BCUT2D eigenvalue weighted by molar-refractivity contribution is 9.10. The number of benzene rings is 2. The fourth-order valence-corrected chi connectivity index (χ4v) is 3.66. The monoisotopic (exact) mass is 418 g/mol. The lowest BCUT2D eigenvalue weighted by Crippen LogP contribution is -2.27. The third-order valence-electron chi connectivity index (χ3n) is 4.24. The zero-order valence-corrected chi connectivity index (χ0v) is 16.5. The number of hydrogen-bond acceptors (Lipinski definition) is 3. The van der Waals surface area contributed by atoms with Crippen LogP contribution in [0, 0.1) is 0 Å². The van der Waals surface area contributed by atoms with E-state index in [1.807, 2.05) is 48.5 Å². The number of halogens is 1. The van der Waals surface area contributed by atoms with Gasteiger partial charge in [0.15, 0.2) is 0 Å². The lowest BCUT2D eigenvalue weighted by molar-refractivity contribution is -0.118. The van der Waals surface area contributed by atoms with Gasteiger partial charge in [0.1, 0.15) is 0 Å². The molecule has 0 unspecified atom stereocenters. The van der Waals surface area contributed by atoms with Crippen molar-refractivity contribution in [3.63, 3.8) is 0 Å². The number of carbonyl (C=O) groups excluding carboxylic acids is 2. The van der Waals surface area contributed by atoms with E-state index in [0.717, 1.165) is 45.2 Å². The van der Waals surface area contributed by atoms with Crippen molar-refractivity contribution in [1.29, 1.82) is 0 Å². The molecule has 1 N–H and O–H groups in total. The van der Waals surface area contributed by atoms with Gasteiger partial charge < -0.3 is 10.2 Å². The quantitative estimate of drug-likeness (QED) is 0.718. The normalized spacial score (nSPS) is 14.7. The van der Waals surface area contributed by atoms with Gasteiger partial charge in [0.05, 0.1) is 5.41 Å². The Balaban J connectivity index is 1.68. The van der Waals surface area contributed by atoms with Crippen molar-refractivity contribution in [2.24, 2.45) is 0 Å². The summed E-state index contributed by atoms with van der Waals surface area (Å²) in [6, 6.07) is 15.3. The highest BCUT2D eigenvalue weighted by atomic mass is 79.9. The van der Waals surface area contributed by atoms with Crippen LogP contribution in [0.3, 0.4) is 0 Å². The van der Waals surface area contributed by atoms with Gasteiger partial charge in [0, 0.05) is 29.2 Å². The molecule has 2 aromatic rings. The Hall–Kier alpha value is -1.79. The van der Waals surface area contributed by atoms with E-state index in [2.05, 4.69) is 21.2 Å². The van der Waals surface area contributed by atoms with Gasteiger partial charge in [-0.3, -0.25) is 9.59 Å². The van der Waals surface area contributed by atoms with Crippen LogP contribution in [0.1, 0.15) is 18.4 Å². The minimum absolute atomic E-state index is 0.0235. The molecular weight excluding hydrogens is 400 g/mol. The van der Waals surface area contributed by atoms with Gasteiger partial charge in [-0.2, -0.15) is 0 Å². The van der Waals surface area contributed by atoms with Gasteiger partial charge in [0.25, 0.3) is 5.24 Å². The van der Waals surface area contributed by atoms with E-state index in [-0.39, 0.29) is 11.1 Å². The minimum Gasteiger partial charge on any atom is -0.339 e. The lowest BCUT2D eigenvalue weighted by Gasteiger charge is -2.16. The molecule has 1 aliphatic rings. The first-order chi connectivity index (χ1) is 11.9. The predicted octanol–water partition coefficient (Wildman–Crippen LogP) is 4.89. The van der Waals surface area contributed by atoms with Crippen molar-refractivity contribution >= 4 is 44.5 Å². The van der Waals surface area contributed by atoms with Gasteiger partial charge >= 0.3 is 0 Å². The van der Waals surface area contributed by atoms with E-state index in [9.17, 15) is 9.59 Å². The fourth-order valence-electron chi connectivity index (χ4n) is 2.61. The molecule has 4 nitrogen and oxygen atoms in total. The maximum absolute atomic E-state index is 12.8. The molecule has 0 bridgehead atoms. The second kappa shape index (κ2) is 7.22. The first kappa shape index (κ1) is 18.0. The summed E-state index contributed by atoms with van der Waals surface area (Å²) in [5, 5.41) is 2.98. The number of anilines is 1. The maximum atomic E-state index is 12.8. The molecular formula is C19H19BrN2O2S. The molecule has 0 saturated heterocycles. The molecule has 1 fully saturated rings. The van der Waals surface area contributed by atoms with Crippen LogP contribution in [0.5, 0.6) is 0 Å². The zero-order valence-electron chi connectivity index (χ0n) is 14.1. The van der Waals surface area contributed by atoms with Crippen LogP contribution in [0.15, 0.2) is 57.9 Å². The van der Waals surface area contributed by atoms with Gasteiger partial charge in [0.2, 0.25) is 5.91 Å². The molecule has 0 radical (unpaired) electrons. The highest BCUT2D eigenvalue weighted by Crippen LogP contribution is 2.49. The number of nitrogens with zero attached hydrogens (tertiary/aromatic N) is 1. The molecule has 3 rings (SSSR count). The average Bonchev–Trinajstić information content (AvgIpc) is 3.38. The molecule has 25 heavy (non-hydrogen) atoms. The van der Waals surface area contributed by atoms with Crippen LogP contribution in [-0.2, 0) is 10.2 Å².